The molecule has 4 nitrogen and oxygen atoms in total. The summed E-state index contributed by atoms with van der Waals surface area (Å²) in [5.41, 5.74) is 7.87. The van der Waals surface area contributed by atoms with E-state index < -0.39 is 17.7 Å². The lowest BCUT2D eigenvalue weighted by atomic mass is 10.1. The summed E-state index contributed by atoms with van der Waals surface area (Å²) >= 11 is 0. The van der Waals surface area contributed by atoms with Crippen molar-refractivity contribution >= 4 is 0 Å². The molecule has 1 rings (SSSR count). The molecule has 0 fully saturated rings. The molecule has 0 heterocycles. The van der Waals surface area contributed by atoms with Crippen LogP contribution in [0.25, 0.3) is 10.4 Å². The van der Waals surface area contributed by atoms with E-state index >= 15 is 0 Å². The normalized spacial score (nSPS) is 11.9. The Labute approximate surface area is 84.8 Å². The van der Waals surface area contributed by atoms with Gasteiger partial charge in [-0.2, -0.15) is 0 Å². The summed E-state index contributed by atoms with van der Waals surface area (Å²) in [5, 5.41) is 12.7. The fourth-order valence-corrected chi connectivity index (χ4v) is 1.15. The quantitative estimate of drug-likeness (QED) is 0.466. The molecule has 0 aliphatic heterocycles. The first-order chi connectivity index (χ1) is 7.15. The van der Waals surface area contributed by atoms with Crippen LogP contribution >= 0.6 is 0 Å². The molecule has 0 spiro atoms. The van der Waals surface area contributed by atoms with Crippen LogP contribution in [0.1, 0.15) is 18.1 Å². The smallest absolute Gasteiger partial charge is 0.129 e. The van der Waals surface area contributed by atoms with Gasteiger partial charge in [0.05, 0.1) is 6.10 Å². The summed E-state index contributed by atoms with van der Waals surface area (Å²) in [4.78, 5) is 2.49. The molecule has 1 aromatic carbocycles. The van der Waals surface area contributed by atoms with Crippen molar-refractivity contribution in [3.63, 3.8) is 0 Å². The first kappa shape index (κ1) is 11.4. The highest BCUT2D eigenvalue weighted by molar-refractivity contribution is 5.20. The van der Waals surface area contributed by atoms with Gasteiger partial charge in [0.1, 0.15) is 11.6 Å². The molecule has 1 atom stereocenters. The van der Waals surface area contributed by atoms with Crippen molar-refractivity contribution in [2.45, 2.75) is 12.5 Å². The highest BCUT2D eigenvalue weighted by atomic mass is 19.1. The Bertz CT molecular complexity index is 391. The zero-order valence-corrected chi connectivity index (χ0v) is 7.77. The number of hydrogen-bond donors (Lipinski definition) is 1. The molecule has 80 valence electrons. The van der Waals surface area contributed by atoms with Crippen LogP contribution in [-0.4, -0.2) is 11.7 Å². The van der Waals surface area contributed by atoms with Gasteiger partial charge in [0.2, 0.25) is 0 Å². The zero-order valence-electron chi connectivity index (χ0n) is 7.77. The average molecular weight is 213 g/mol. The Morgan fingerprint density at radius 3 is 2.87 bits per heavy atom. The molecule has 0 radical (unpaired) electrons. The second-order valence-electron chi connectivity index (χ2n) is 2.92. The third-order valence-corrected chi connectivity index (χ3v) is 1.88. The minimum atomic E-state index is -1.16. The summed E-state index contributed by atoms with van der Waals surface area (Å²) in [7, 11) is 0. The number of azide groups is 1. The van der Waals surface area contributed by atoms with E-state index in [1.54, 1.807) is 0 Å². The number of hydrogen-bond acceptors (Lipinski definition) is 2. The van der Waals surface area contributed by atoms with E-state index in [2.05, 4.69) is 10.0 Å². The van der Waals surface area contributed by atoms with Crippen molar-refractivity contribution < 1.29 is 13.9 Å². The van der Waals surface area contributed by atoms with E-state index in [-0.39, 0.29) is 18.5 Å². The molecule has 1 aromatic rings. The van der Waals surface area contributed by atoms with Crippen molar-refractivity contribution in [1.29, 1.82) is 0 Å². The van der Waals surface area contributed by atoms with Crippen LogP contribution in [0.5, 0.6) is 0 Å². The highest BCUT2D eigenvalue weighted by Gasteiger charge is 2.12. The first-order valence-corrected chi connectivity index (χ1v) is 4.29. The SMILES string of the molecule is [N-]=[N+]=NCCC(O)c1cc(F)ccc1F. The lowest BCUT2D eigenvalue weighted by Gasteiger charge is -2.10. The van der Waals surface area contributed by atoms with Crippen molar-refractivity contribution in [1.82, 2.24) is 0 Å². The van der Waals surface area contributed by atoms with Crippen molar-refractivity contribution in [3.8, 4) is 0 Å². The van der Waals surface area contributed by atoms with Crippen LogP contribution < -0.4 is 0 Å². The van der Waals surface area contributed by atoms with Crippen LogP contribution in [-0.2, 0) is 0 Å². The number of nitrogens with zero attached hydrogens (tertiary/aromatic N) is 3. The van der Waals surface area contributed by atoms with Gasteiger partial charge in [0.25, 0.3) is 0 Å². The number of halogens is 2. The van der Waals surface area contributed by atoms with Gasteiger partial charge in [-0.3, -0.25) is 0 Å². The van der Waals surface area contributed by atoms with Gasteiger partial charge in [-0.1, -0.05) is 5.11 Å². The summed E-state index contributed by atoms with van der Waals surface area (Å²) in [6.07, 6.45) is -1.10. The molecule has 0 aliphatic carbocycles. The van der Waals surface area contributed by atoms with E-state index in [9.17, 15) is 13.9 Å². The van der Waals surface area contributed by atoms with Crippen LogP contribution in [0, 0.1) is 11.6 Å². The van der Waals surface area contributed by atoms with E-state index in [4.69, 9.17) is 5.53 Å². The predicted octanol–water partition coefficient (Wildman–Crippen LogP) is 2.70. The van der Waals surface area contributed by atoms with Crippen molar-refractivity contribution in [2.75, 3.05) is 6.54 Å². The van der Waals surface area contributed by atoms with Gasteiger partial charge in [-0.05, 0) is 30.2 Å². The Kier molecular flexibility index (Phi) is 4.03. The monoisotopic (exact) mass is 213 g/mol. The Hall–Kier alpha value is -1.65. The van der Waals surface area contributed by atoms with Crippen molar-refractivity contribution in [2.24, 2.45) is 5.11 Å². The van der Waals surface area contributed by atoms with Gasteiger partial charge in [-0.25, -0.2) is 8.78 Å². The van der Waals surface area contributed by atoms with Gasteiger partial charge in [0, 0.05) is 17.0 Å². The summed E-state index contributed by atoms with van der Waals surface area (Å²) in [6.45, 7) is 0.0353. The van der Waals surface area contributed by atoms with Gasteiger partial charge in [0.15, 0.2) is 0 Å². The number of benzene rings is 1. The van der Waals surface area contributed by atoms with E-state index in [0.29, 0.717) is 0 Å². The van der Waals surface area contributed by atoms with Crippen LogP contribution in [0.2, 0.25) is 0 Å². The molecule has 0 aliphatic rings. The number of rotatable bonds is 4. The molecular weight excluding hydrogens is 204 g/mol. The summed E-state index contributed by atoms with van der Waals surface area (Å²) < 4.78 is 25.8. The molecule has 1 unspecified atom stereocenters. The Balaban J connectivity index is 2.76. The second kappa shape index (κ2) is 5.29. The van der Waals surface area contributed by atoms with Gasteiger partial charge < -0.3 is 5.11 Å². The maximum absolute atomic E-state index is 13.1. The fraction of sp³-hybridized carbons (Fsp3) is 0.333. The zero-order chi connectivity index (χ0) is 11.3. The third-order valence-electron chi connectivity index (χ3n) is 1.88. The molecular formula is C9H9F2N3O. The molecule has 0 amide bonds. The maximum atomic E-state index is 13.1. The molecule has 1 N–H and O–H groups in total. The fourth-order valence-electron chi connectivity index (χ4n) is 1.15. The minimum Gasteiger partial charge on any atom is -0.388 e. The Morgan fingerprint density at radius 1 is 1.47 bits per heavy atom. The minimum absolute atomic E-state index is 0.0353. The van der Waals surface area contributed by atoms with Crippen molar-refractivity contribution in [3.05, 3.63) is 45.8 Å². The average Bonchev–Trinajstić information content (AvgIpc) is 2.22. The van der Waals surface area contributed by atoms with E-state index in [1.807, 2.05) is 0 Å². The highest BCUT2D eigenvalue weighted by Crippen LogP contribution is 2.20. The van der Waals surface area contributed by atoms with Crippen LogP contribution in [0.4, 0.5) is 8.78 Å². The van der Waals surface area contributed by atoms with Gasteiger partial charge >= 0.3 is 0 Å². The number of aliphatic hydroxyl groups excluding tert-OH is 1. The molecule has 0 saturated heterocycles. The second-order valence-corrected chi connectivity index (χ2v) is 2.92. The molecule has 0 bridgehead atoms. The van der Waals surface area contributed by atoms with E-state index in [0.717, 1.165) is 18.2 Å². The maximum Gasteiger partial charge on any atom is 0.129 e. The lowest BCUT2D eigenvalue weighted by molar-refractivity contribution is 0.165. The summed E-state index contributed by atoms with van der Waals surface area (Å²) in [6, 6.07) is 2.84. The first-order valence-electron chi connectivity index (χ1n) is 4.29. The largest absolute Gasteiger partial charge is 0.388 e. The lowest BCUT2D eigenvalue weighted by Crippen LogP contribution is -2.02. The molecule has 6 heteroatoms. The third kappa shape index (κ3) is 3.19. The molecule has 15 heavy (non-hydrogen) atoms. The molecule has 0 aromatic heterocycles. The Morgan fingerprint density at radius 2 is 2.20 bits per heavy atom. The van der Waals surface area contributed by atoms with Crippen LogP contribution in [0.3, 0.4) is 0 Å². The van der Waals surface area contributed by atoms with Gasteiger partial charge in [-0.15, -0.1) is 0 Å². The van der Waals surface area contributed by atoms with E-state index in [1.165, 1.54) is 0 Å². The predicted molar refractivity (Wildman–Crippen MR) is 49.9 cm³/mol. The number of aliphatic hydroxyl groups is 1. The summed E-state index contributed by atoms with van der Waals surface area (Å²) in [5.74, 6) is -1.29. The molecule has 0 saturated carbocycles. The standard InChI is InChI=1S/C9H9F2N3O/c10-6-1-2-8(11)7(5-6)9(15)3-4-13-14-12/h1-2,5,9,15H,3-4H2. The van der Waals surface area contributed by atoms with Crippen LogP contribution in [0.15, 0.2) is 23.3 Å². The topological polar surface area (TPSA) is 69.0 Å².